The quantitative estimate of drug-likeness (QED) is 0.683. The highest BCUT2D eigenvalue weighted by Gasteiger charge is 2.09. The van der Waals surface area contributed by atoms with Crippen molar-refractivity contribution in [2.24, 2.45) is 0 Å². The molecule has 0 aromatic heterocycles. The smallest absolute Gasteiger partial charge is 0.220 e. The van der Waals surface area contributed by atoms with Crippen LogP contribution in [-0.4, -0.2) is 56.7 Å². The molecule has 6 heteroatoms. The highest BCUT2D eigenvalue weighted by molar-refractivity contribution is 9.10. The highest BCUT2D eigenvalue weighted by atomic mass is 79.9. The van der Waals surface area contributed by atoms with Gasteiger partial charge in [0.05, 0.1) is 6.61 Å². The molecule has 0 spiro atoms. The molecular formula is C16H24BrN3O2. The first-order valence-electron chi connectivity index (χ1n) is 7.82. The van der Waals surface area contributed by atoms with Crippen LogP contribution < -0.4 is 15.4 Å². The third kappa shape index (κ3) is 6.77. The molecule has 1 aliphatic heterocycles. The molecule has 2 rings (SSSR count). The minimum atomic E-state index is 0.105. The highest BCUT2D eigenvalue weighted by Crippen LogP contribution is 2.17. The summed E-state index contributed by atoms with van der Waals surface area (Å²) in [7, 11) is 0. The number of hydrogen-bond donors (Lipinski definition) is 2. The van der Waals surface area contributed by atoms with Gasteiger partial charge in [-0.15, -0.1) is 0 Å². The zero-order valence-electron chi connectivity index (χ0n) is 12.8. The summed E-state index contributed by atoms with van der Waals surface area (Å²) in [6.07, 6.45) is 1.24. The van der Waals surface area contributed by atoms with Crippen LogP contribution in [0.25, 0.3) is 0 Å². The van der Waals surface area contributed by atoms with Crippen molar-refractivity contribution in [3.8, 4) is 5.75 Å². The molecule has 1 saturated heterocycles. The van der Waals surface area contributed by atoms with Gasteiger partial charge in [-0.1, -0.05) is 22.0 Å². The van der Waals surface area contributed by atoms with E-state index in [0.29, 0.717) is 13.0 Å². The van der Waals surface area contributed by atoms with Crippen LogP contribution in [0.1, 0.15) is 12.8 Å². The molecule has 22 heavy (non-hydrogen) atoms. The van der Waals surface area contributed by atoms with Gasteiger partial charge in [-0.05, 0) is 24.6 Å². The minimum Gasteiger partial charge on any atom is -0.494 e. The Bertz CT molecular complexity index is 464. The Kier molecular flexibility index (Phi) is 7.70. The zero-order valence-corrected chi connectivity index (χ0v) is 14.4. The standard InChI is InChI=1S/C16H24BrN3O2/c17-14-3-1-4-15(13-14)22-12-2-5-16(21)19-8-11-20-9-6-18-7-10-20/h1,3-4,13,18H,2,5-12H2,(H,19,21). The average molecular weight is 370 g/mol. The Morgan fingerprint density at radius 2 is 2.18 bits per heavy atom. The maximum Gasteiger partial charge on any atom is 0.220 e. The Labute approximate surface area is 140 Å². The van der Waals surface area contributed by atoms with Crippen LogP contribution in [0.3, 0.4) is 0 Å². The molecule has 1 heterocycles. The summed E-state index contributed by atoms with van der Waals surface area (Å²) in [6, 6.07) is 7.73. The summed E-state index contributed by atoms with van der Waals surface area (Å²) in [5, 5.41) is 6.29. The van der Waals surface area contributed by atoms with Crippen molar-refractivity contribution >= 4 is 21.8 Å². The second-order valence-corrected chi connectivity index (χ2v) is 6.27. The number of halogens is 1. The fourth-order valence-corrected chi connectivity index (χ4v) is 2.73. The van der Waals surface area contributed by atoms with Crippen LogP contribution in [0.15, 0.2) is 28.7 Å². The molecule has 1 fully saturated rings. The second-order valence-electron chi connectivity index (χ2n) is 5.35. The second kappa shape index (κ2) is 9.82. The number of amides is 1. The van der Waals surface area contributed by atoms with E-state index in [0.717, 1.165) is 55.9 Å². The predicted molar refractivity (Wildman–Crippen MR) is 91.2 cm³/mol. The normalized spacial score (nSPS) is 15.5. The Morgan fingerprint density at radius 1 is 1.36 bits per heavy atom. The molecule has 0 radical (unpaired) electrons. The van der Waals surface area contributed by atoms with Crippen LogP contribution in [0.2, 0.25) is 0 Å². The van der Waals surface area contributed by atoms with Crippen LogP contribution in [-0.2, 0) is 4.79 Å². The third-order valence-electron chi connectivity index (χ3n) is 3.57. The number of nitrogens with one attached hydrogen (secondary N) is 2. The van der Waals surface area contributed by atoms with Gasteiger partial charge in [-0.2, -0.15) is 0 Å². The molecule has 0 atom stereocenters. The maximum absolute atomic E-state index is 11.7. The van der Waals surface area contributed by atoms with E-state index in [4.69, 9.17) is 4.74 Å². The molecular weight excluding hydrogens is 346 g/mol. The predicted octanol–water partition coefficient (Wildman–Crippen LogP) is 1.63. The molecule has 0 saturated carbocycles. The molecule has 122 valence electrons. The van der Waals surface area contributed by atoms with E-state index in [1.54, 1.807) is 0 Å². The largest absolute Gasteiger partial charge is 0.494 e. The number of hydrogen-bond acceptors (Lipinski definition) is 4. The third-order valence-corrected chi connectivity index (χ3v) is 4.07. The lowest BCUT2D eigenvalue weighted by molar-refractivity contribution is -0.121. The van der Waals surface area contributed by atoms with Crippen LogP contribution in [0.5, 0.6) is 5.75 Å². The van der Waals surface area contributed by atoms with Gasteiger partial charge in [0.2, 0.25) is 5.91 Å². The van der Waals surface area contributed by atoms with Crippen molar-refractivity contribution in [2.45, 2.75) is 12.8 Å². The Hall–Kier alpha value is -1.11. The van der Waals surface area contributed by atoms with Crippen molar-refractivity contribution < 1.29 is 9.53 Å². The van der Waals surface area contributed by atoms with E-state index in [9.17, 15) is 4.79 Å². The van der Waals surface area contributed by atoms with Crippen molar-refractivity contribution in [3.05, 3.63) is 28.7 Å². The molecule has 1 amide bonds. The number of ether oxygens (including phenoxy) is 1. The fraction of sp³-hybridized carbons (Fsp3) is 0.562. The summed E-state index contributed by atoms with van der Waals surface area (Å²) in [5.41, 5.74) is 0. The first-order chi connectivity index (χ1) is 10.7. The number of benzene rings is 1. The minimum absolute atomic E-state index is 0.105. The van der Waals surface area contributed by atoms with Crippen LogP contribution >= 0.6 is 15.9 Å². The van der Waals surface area contributed by atoms with E-state index in [-0.39, 0.29) is 5.91 Å². The first kappa shape index (κ1) is 17.2. The van der Waals surface area contributed by atoms with Gasteiger partial charge in [0, 0.05) is 50.2 Å². The van der Waals surface area contributed by atoms with Gasteiger partial charge < -0.3 is 15.4 Å². The SMILES string of the molecule is O=C(CCCOc1cccc(Br)c1)NCCN1CCNCC1. The average Bonchev–Trinajstić information content (AvgIpc) is 2.53. The Balaban J connectivity index is 1.50. The van der Waals surface area contributed by atoms with Crippen molar-refractivity contribution in [1.82, 2.24) is 15.5 Å². The summed E-state index contributed by atoms with van der Waals surface area (Å²) in [6.45, 7) is 6.43. The van der Waals surface area contributed by atoms with Gasteiger partial charge in [0.1, 0.15) is 5.75 Å². The number of carbonyl (C=O) groups excluding carboxylic acids is 1. The molecule has 1 aromatic rings. The van der Waals surface area contributed by atoms with E-state index in [1.807, 2.05) is 24.3 Å². The van der Waals surface area contributed by atoms with Gasteiger partial charge in [0.25, 0.3) is 0 Å². The first-order valence-corrected chi connectivity index (χ1v) is 8.61. The van der Waals surface area contributed by atoms with Crippen molar-refractivity contribution in [3.63, 3.8) is 0 Å². The van der Waals surface area contributed by atoms with Gasteiger partial charge >= 0.3 is 0 Å². The molecule has 1 aliphatic rings. The monoisotopic (exact) mass is 369 g/mol. The summed E-state index contributed by atoms with van der Waals surface area (Å²) in [4.78, 5) is 14.1. The van der Waals surface area contributed by atoms with E-state index in [1.165, 1.54) is 0 Å². The molecule has 0 aliphatic carbocycles. The lowest BCUT2D eigenvalue weighted by atomic mass is 10.3. The zero-order chi connectivity index (χ0) is 15.6. The molecule has 1 aromatic carbocycles. The van der Waals surface area contributed by atoms with Gasteiger partial charge in [-0.25, -0.2) is 0 Å². The van der Waals surface area contributed by atoms with E-state index >= 15 is 0 Å². The van der Waals surface area contributed by atoms with Gasteiger partial charge in [0.15, 0.2) is 0 Å². The van der Waals surface area contributed by atoms with E-state index in [2.05, 4.69) is 31.5 Å². The molecule has 5 nitrogen and oxygen atoms in total. The topological polar surface area (TPSA) is 53.6 Å². The summed E-state index contributed by atoms with van der Waals surface area (Å²) < 4.78 is 6.61. The number of rotatable bonds is 8. The van der Waals surface area contributed by atoms with E-state index < -0.39 is 0 Å². The number of piperazine rings is 1. The number of carbonyl (C=O) groups is 1. The van der Waals surface area contributed by atoms with Gasteiger partial charge in [-0.3, -0.25) is 9.69 Å². The molecule has 0 bridgehead atoms. The van der Waals surface area contributed by atoms with Crippen LogP contribution in [0, 0.1) is 0 Å². The summed E-state index contributed by atoms with van der Waals surface area (Å²) >= 11 is 3.40. The lowest BCUT2D eigenvalue weighted by Crippen LogP contribution is -2.46. The van der Waals surface area contributed by atoms with Crippen molar-refractivity contribution in [2.75, 3.05) is 45.9 Å². The fourth-order valence-electron chi connectivity index (χ4n) is 2.36. The maximum atomic E-state index is 11.7. The van der Waals surface area contributed by atoms with Crippen LogP contribution in [0.4, 0.5) is 0 Å². The molecule has 2 N–H and O–H groups in total. The summed E-state index contributed by atoms with van der Waals surface area (Å²) in [5.74, 6) is 0.932. The number of nitrogens with zero attached hydrogens (tertiary/aromatic N) is 1. The Morgan fingerprint density at radius 3 is 2.95 bits per heavy atom. The lowest BCUT2D eigenvalue weighted by Gasteiger charge is -2.27. The van der Waals surface area contributed by atoms with Crippen molar-refractivity contribution in [1.29, 1.82) is 0 Å². The molecule has 0 unspecified atom stereocenters.